The van der Waals surface area contributed by atoms with Crippen LogP contribution in [0.4, 0.5) is 0 Å². The zero-order valence-electron chi connectivity index (χ0n) is 11.2. The molecule has 0 saturated carbocycles. The number of hydrogen-bond acceptors (Lipinski definition) is 6. The van der Waals surface area contributed by atoms with E-state index in [2.05, 4.69) is 5.73 Å². The molecule has 0 heterocycles. The van der Waals surface area contributed by atoms with Crippen molar-refractivity contribution >= 4 is 27.5 Å². The maximum Gasteiger partial charge on any atom is 0.177 e. The topological polar surface area (TPSA) is 136 Å². The highest BCUT2D eigenvalue weighted by Crippen LogP contribution is 2.39. The Morgan fingerprint density at radius 1 is 1.00 bits per heavy atom. The zero-order valence-corrected chi connectivity index (χ0v) is 12.1. The molecule has 8 heteroatoms. The zero-order chi connectivity index (χ0) is 16.2. The fraction of sp³-hybridized carbons (Fsp3) is 0.214. The summed E-state index contributed by atoms with van der Waals surface area (Å²) in [6.45, 7) is 0. The molecule has 22 heavy (non-hydrogen) atoms. The van der Waals surface area contributed by atoms with Crippen LogP contribution >= 0.6 is 0 Å². The van der Waals surface area contributed by atoms with Crippen molar-refractivity contribution < 1.29 is 33.1 Å². The Morgan fingerprint density at radius 2 is 1.50 bits per heavy atom. The van der Waals surface area contributed by atoms with Gasteiger partial charge in [0.1, 0.15) is 33.4 Å². The molecular formula is C14H11NO6S. The fourth-order valence-corrected chi connectivity index (χ4v) is 3.81. The van der Waals surface area contributed by atoms with Gasteiger partial charge in [-0.2, -0.15) is 0 Å². The molecule has 0 spiro atoms. The van der Waals surface area contributed by atoms with E-state index in [9.17, 15) is 27.4 Å². The van der Waals surface area contributed by atoms with Crippen molar-refractivity contribution in [2.24, 2.45) is 11.8 Å². The molecule has 0 saturated heterocycles. The summed E-state index contributed by atoms with van der Waals surface area (Å²) >= 11 is 0. The monoisotopic (exact) mass is 321 g/mol. The van der Waals surface area contributed by atoms with E-state index >= 15 is 0 Å². The van der Waals surface area contributed by atoms with Crippen LogP contribution in [0.25, 0.3) is 0 Å². The Morgan fingerprint density at radius 3 is 2.00 bits per heavy atom. The Kier molecular flexibility index (Phi) is 3.13. The summed E-state index contributed by atoms with van der Waals surface area (Å²) in [7, 11) is -4.89. The van der Waals surface area contributed by atoms with Crippen LogP contribution in [0.1, 0.15) is 27.1 Å². The first kappa shape index (κ1) is 14.8. The number of ketones is 3. The van der Waals surface area contributed by atoms with Crippen molar-refractivity contribution in [2.75, 3.05) is 0 Å². The van der Waals surface area contributed by atoms with E-state index < -0.39 is 50.6 Å². The van der Waals surface area contributed by atoms with Gasteiger partial charge in [0, 0.05) is 17.5 Å². The number of carbonyl (C=O) groups excluding carboxylic acids is 3. The Hall–Kier alpha value is -2.16. The van der Waals surface area contributed by atoms with Gasteiger partial charge in [-0.15, -0.1) is 0 Å². The Balaban J connectivity index is 2.27. The van der Waals surface area contributed by atoms with Gasteiger partial charge < -0.3 is 10.3 Å². The number of rotatable bonds is 1. The second-order valence-corrected chi connectivity index (χ2v) is 6.68. The van der Waals surface area contributed by atoms with Gasteiger partial charge in [0.05, 0.1) is 4.91 Å². The molecule has 1 aromatic rings. The third-order valence-corrected chi connectivity index (χ3v) is 5.08. The number of quaternary nitrogens is 1. The molecule has 0 radical (unpaired) electrons. The van der Waals surface area contributed by atoms with Crippen LogP contribution in [0, 0.1) is 11.8 Å². The summed E-state index contributed by atoms with van der Waals surface area (Å²) in [5, 5.41) is 0. The van der Waals surface area contributed by atoms with Gasteiger partial charge in [-0.05, 0) is 0 Å². The molecule has 3 rings (SSSR count). The van der Waals surface area contributed by atoms with E-state index in [1.54, 1.807) is 12.1 Å². The quantitative estimate of drug-likeness (QED) is 0.535. The molecule has 7 nitrogen and oxygen atoms in total. The van der Waals surface area contributed by atoms with Gasteiger partial charge in [0.2, 0.25) is 0 Å². The number of allylic oxidation sites excluding steroid dienone is 2. The SMILES string of the molecule is [NH3+]C1=C(S(=O)(=O)[O-])CC(=O)[C@@H]2C(=O)c3ccccc3C(=O)[C@H]12. The van der Waals surface area contributed by atoms with Gasteiger partial charge in [-0.3, -0.25) is 14.4 Å². The lowest BCUT2D eigenvalue weighted by atomic mass is 9.68. The first-order chi connectivity index (χ1) is 10.2. The molecule has 0 fully saturated rings. The van der Waals surface area contributed by atoms with Crippen molar-refractivity contribution in [3.05, 3.63) is 46.0 Å². The molecule has 1 aromatic carbocycles. The smallest absolute Gasteiger partial charge is 0.177 e. The molecule has 114 valence electrons. The number of carbonyl (C=O) groups is 3. The van der Waals surface area contributed by atoms with Gasteiger partial charge in [-0.25, -0.2) is 8.42 Å². The molecule has 0 aromatic heterocycles. The molecule has 2 atom stereocenters. The van der Waals surface area contributed by atoms with Gasteiger partial charge in [0.15, 0.2) is 11.6 Å². The third-order valence-electron chi connectivity index (χ3n) is 4.07. The van der Waals surface area contributed by atoms with E-state index in [1.165, 1.54) is 12.1 Å². The second-order valence-electron chi connectivity index (χ2n) is 5.28. The van der Waals surface area contributed by atoms with Crippen LogP contribution in [0.5, 0.6) is 0 Å². The summed E-state index contributed by atoms with van der Waals surface area (Å²) in [5.74, 6) is -4.42. The van der Waals surface area contributed by atoms with E-state index in [1.807, 2.05) is 0 Å². The molecule has 0 unspecified atom stereocenters. The minimum absolute atomic E-state index is 0.118. The maximum absolute atomic E-state index is 12.5. The normalized spacial score (nSPS) is 25.1. The largest absolute Gasteiger partial charge is 0.744 e. The van der Waals surface area contributed by atoms with Gasteiger partial charge in [0.25, 0.3) is 0 Å². The van der Waals surface area contributed by atoms with Gasteiger partial charge >= 0.3 is 0 Å². The van der Waals surface area contributed by atoms with Crippen LogP contribution < -0.4 is 5.73 Å². The highest BCUT2D eigenvalue weighted by molar-refractivity contribution is 7.89. The highest BCUT2D eigenvalue weighted by Gasteiger charge is 2.51. The summed E-state index contributed by atoms with van der Waals surface area (Å²) in [5.41, 5.74) is 3.51. The minimum Gasteiger partial charge on any atom is -0.744 e. The molecule has 0 bridgehead atoms. The van der Waals surface area contributed by atoms with Crippen molar-refractivity contribution in [3.63, 3.8) is 0 Å². The van der Waals surface area contributed by atoms with Crippen LogP contribution in [0.2, 0.25) is 0 Å². The molecule has 2 aliphatic carbocycles. The third kappa shape index (κ3) is 1.96. The molecule has 2 aliphatic rings. The minimum atomic E-state index is -4.89. The Bertz CT molecular complexity index is 867. The van der Waals surface area contributed by atoms with Crippen molar-refractivity contribution in [3.8, 4) is 0 Å². The van der Waals surface area contributed by atoms with Crippen LogP contribution in [0.3, 0.4) is 0 Å². The predicted octanol–water partition coefficient (Wildman–Crippen LogP) is -0.730. The number of Topliss-reactive ketones (excluding diaryl/α,β-unsaturated/α-hetero) is 3. The summed E-state index contributed by atoms with van der Waals surface area (Å²) < 4.78 is 33.7. The van der Waals surface area contributed by atoms with Gasteiger partial charge in [-0.1, -0.05) is 24.3 Å². The standard InChI is InChI=1S/C14H11NO6S/c15-12-9(22(19,20)21)5-8(16)10-11(12)14(18)7-4-2-1-3-6(7)13(10)17/h1-4,10-11H,5,15H2,(H,19,20,21)/t10-,11-/m0/s1. The lowest BCUT2D eigenvalue weighted by Gasteiger charge is -2.33. The van der Waals surface area contributed by atoms with Crippen LogP contribution in [0.15, 0.2) is 34.9 Å². The lowest BCUT2D eigenvalue weighted by Crippen LogP contribution is -2.60. The average Bonchev–Trinajstić information content (AvgIpc) is 2.45. The van der Waals surface area contributed by atoms with E-state index in [-0.39, 0.29) is 16.8 Å². The molecular weight excluding hydrogens is 310 g/mol. The van der Waals surface area contributed by atoms with Crippen LogP contribution in [-0.4, -0.2) is 30.3 Å². The highest BCUT2D eigenvalue weighted by atomic mass is 32.2. The predicted molar refractivity (Wildman–Crippen MR) is 71.3 cm³/mol. The number of benzene rings is 1. The first-order valence-corrected chi connectivity index (χ1v) is 7.85. The van der Waals surface area contributed by atoms with Crippen molar-refractivity contribution in [2.45, 2.75) is 6.42 Å². The summed E-state index contributed by atoms with van der Waals surface area (Å²) in [6, 6.07) is 6.02. The molecule has 0 aliphatic heterocycles. The van der Waals surface area contributed by atoms with E-state index in [0.29, 0.717) is 0 Å². The van der Waals surface area contributed by atoms with Crippen molar-refractivity contribution in [1.29, 1.82) is 0 Å². The average molecular weight is 321 g/mol. The Labute approximate surface area is 125 Å². The molecule has 3 N–H and O–H groups in total. The maximum atomic E-state index is 12.5. The van der Waals surface area contributed by atoms with Crippen LogP contribution in [-0.2, 0) is 14.9 Å². The fourth-order valence-electron chi connectivity index (χ4n) is 3.05. The van der Waals surface area contributed by atoms with E-state index in [4.69, 9.17) is 0 Å². The summed E-state index contributed by atoms with van der Waals surface area (Å²) in [6.07, 6.45) is -0.687. The number of fused-ring (bicyclic) bond motifs is 2. The second kappa shape index (κ2) is 4.67. The first-order valence-electron chi connectivity index (χ1n) is 6.44. The number of hydrogen-bond donors (Lipinski definition) is 1. The van der Waals surface area contributed by atoms with E-state index in [0.717, 1.165) is 0 Å². The lowest BCUT2D eigenvalue weighted by molar-refractivity contribution is -0.315. The summed E-state index contributed by atoms with van der Waals surface area (Å²) in [4.78, 5) is 36.5. The van der Waals surface area contributed by atoms with Crippen molar-refractivity contribution in [1.82, 2.24) is 0 Å². The molecule has 0 amide bonds.